The third-order valence-corrected chi connectivity index (χ3v) is 13.9. The zero-order valence-corrected chi connectivity index (χ0v) is 47.4. The summed E-state index contributed by atoms with van der Waals surface area (Å²) in [5, 5.41) is 14.0. The summed E-state index contributed by atoms with van der Waals surface area (Å²) in [7, 11) is 1.29. The fraction of sp³-hybridized carbons (Fsp3) is 0.787. The zero-order chi connectivity index (χ0) is 51.3. The SMILES string of the molecule is CC/C=C\C/C=C\C/C=C\C/C=C\C/C=C\C/C=C\CCCCCCCCCCC(=O)NC(COP(=O)([O-])OCC[N+](C)(C)C)C(O)CCCCCCCCCCCCCCCCCCCCCCC. The van der Waals surface area contributed by atoms with E-state index in [4.69, 9.17) is 9.05 Å². The molecule has 0 heterocycles. The highest BCUT2D eigenvalue weighted by molar-refractivity contribution is 7.45. The van der Waals surface area contributed by atoms with Crippen molar-refractivity contribution in [2.45, 2.75) is 270 Å². The molecule has 1 amide bonds. The molecule has 70 heavy (non-hydrogen) atoms. The molecule has 0 saturated carbocycles. The molecule has 0 aromatic heterocycles. The van der Waals surface area contributed by atoms with Crippen molar-refractivity contribution in [2.24, 2.45) is 0 Å². The lowest BCUT2D eigenvalue weighted by Gasteiger charge is -2.30. The normalized spacial score (nSPS) is 14.4. The van der Waals surface area contributed by atoms with E-state index in [9.17, 15) is 19.4 Å². The molecule has 0 bridgehead atoms. The maximum absolute atomic E-state index is 13.0. The first-order valence-electron chi connectivity index (χ1n) is 29.3. The van der Waals surface area contributed by atoms with Gasteiger partial charge in [-0.05, 0) is 64.2 Å². The second-order valence-corrected chi connectivity index (χ2v) is 22.4. The number of unbranched alkanes of at least 4 members (excludes halogenated alkanes) is 28. The van der Waals surface area contributed by atoms with Crippen LogP contribution in [0.1, 0.15) is 258 Å². The Balaban J connectivity index is 4.21. The highest BCUT2D eigenvalue weighted by Crippen LogP contribution is 2.38. The van der Waals surface area contributed by atoms with E-state index in [0.717, 1.165) is 83.5 Å². The number of carbonyl (C=O) groups is 1. The minimum Gasteiger partial charge on any atom is -0.756 e. The number of rotatable bonds is 53. The number of allylic oxidation sites excluding steroid dienone is 12. The first-order chi connectivity index (χ1) is 34.0. The fourth-order valence-electron chi connectivity index (χ4n) is 8.40. The van der Waals surface area contributed by atoms with Gasteiger partial charge in [0.05, 0.1) is 39.9 Å². The Hall–Kier alpha value is -2.06. The van der Waals surface area contributed by atoms with E-state index in [1.54, 1.807) is 0 Å². The van der Waals surface area contributed by atoms with Crippen LogP contribution in [0.5, 0.6) is 0 Å². The average molecular weight is 1000 g/mol. The summed E-state index contributed by atoms with van der Waals surface area (Å²) >= 11 is 0. The van der Waals surface area contributed by atoms with Crippen molar-refractivity contribution in [3.05, 3.63) is 72.9 Å². The Kier molecular flexibility index (Phi) is 50.3. The van der Waals surface area contributed by atoms with Gasteiger partial charge < -0.3 is 28.8 Å². The molecule has 3 unspecified atom stereocenters. The third-order valence-electron chi connectivity index (χ3n) is 13.0. The van der Waals surface area contributed by atoms with Crippen molar-refractivity contribution < 1.29 is 32.9 Å². The Bertz CT molecular complexity index is 1370. The third kappa shape index (κ3) is 53.7. The maximum atomic E-state index is 13.0. The van der Waals surface area contributed by atoms with Crippen LogP contribution in [-0.2, 0) is 18.4 Å². The van der Waals surface area contributed by atoms with Gasteiger partial charge in [0.25, 0.3) is 7.82 Å². The monoisotopic (exact) mass is 1000 g/mol. The van der Waals surface area contributed by atoms with Gasteiger partial charge in [-0.15, -0.1) is 0 Å². The molecule has 0 aliphatic rings. The highest BCUT2D eigenvalue weighted by Gasteiger charge is 2.24. The Morgan fingerprint density at radius 2 is 0.871 bits per heavy atom. The molecule has 0 aromatic rings. The van der Waals surface area contributed by atoms with Gasteiger partial charge >= 0.3 is 0 Å². The molecule has 0 aliphatic heterocycles. The largest absolute Gasteiger partial charge is 0.756 e. The quantitative estimate of drug-likeness (QED) is 0.0272. The van der Waals surface area contributed by atoms with Gasteiger partial charge in [0, 0.05) is 6.42 Å². The van der Waals surface area contributed by atoms with Crippen LogP contribution in [0.4, 0.5) is 0 Å². The molecule has 0 rings (SSSR count). The van der Waals surface area contributed by atoms with Gasteiger partial charge in [-0.25, -0.2) is 0 Å². The number of hydrogen-bond donors (Lipinski definition) is 2. The number of aliphatic hydroxyl groups is 1. The van der Waals surface area contributed by atoms with Crippen molar-refractivity contribution in [1.82, 2.24) is 5.32 Å². The number of phosphoric acid groups is 1. The van der Waals surface area contributed by atoms with E-state index in [2.05, 4.69) is 92.1 Å². The summed E-state index contributed by atoms with van der Waals surface area (Å²) in [6.07, 6.45) is 70.7. The fourth-order valence-corrected chi connectivity index (χ4v) is 9.12. The second-order valence-electron chi connectivity index (χ2n) is 21.0. The topological polar surface area (TPSA) is 108 Å². The summed E-state index contributed by atoms with van der Waals surface area (Å²) in [6, 6.07) is -0.810. The summed E-state index contributed by atoms with van der Waals surface area (Å²) in [4.78, 5) is 25.6. The molecule has 408 valence electrons. The van der Waals surface area contributed by atoms with Crippen LogP contribution in [0.3, 0.4) is 0 Å². The van der Waals surface area contributed by atoms with E-state index in [0.29, 0.717) is 23.9 Å². The molecule has 0 aliphatic carbocycles. The molecule has 9 heteroatoms. The predicted molar refractivity (Wildman–Crippen MR) is 302 cm³/mol. The van der Waals surface area contributed by atoms with E-state index < -0.39 is 20.0 Å². The summed E-state index contributed by atoms with van der Waals surface area (Å²) in [5.41, 5.74) is 0. The van der Waals surface area contributed by atoms with Crippen LogP contribution in [0, 0.1) is 0 Å². The van der Waals surface area contributed by atoms with Gasteiger partial charge in [0.2, 0.25) is 5.91 Å². The van der Waals surface area contributed by atoms with Crippen molar-refractivity contribution in [3.63, 3.8) is 0 Å². The van der Waals surface area contributed by atoms with E-state index in [-0.39, 0.29) is 19.1 Å². The number of hydrogen-bond acceptors (Lipinski definition) is 6. The molecule has 0 aromatic carbocycles. The second kappa shape index (κ2) is 51.8. The van der Waals surface area contributed by atoms with Crippen molar-refractivity contribution in [1.29, 1.82) is 0 Å². The van der Waals surface area contributed by atoms with Crippen LogP contribution in [0.2, 0.25) is 0 Å². The summed E-state index contributed by atoms with van der Waals surface area (Å²) in [5.74, 6) is -0.174. The van der Waals surface area contributed by atoms with Crippen molar-refractivity contribution in [3.8, 4) is 0 Å². The van der Waals surface area contributed by atoms with Crippen molar-refractivity contribution in [2.75, 3.05) is 40.9 Å². The van der Waals surface area contributed by atoms with Crippen LogP contribution >= 0.6 is 7.82 Å². The molecule has 0 radical (unpaired) electrons. The van der Waals surface area contributed by atoms with E-state index in [1.807, 2.05) is 21.1 Å². The van der Waals surface area contributed by atoms with Crippen LogP contribution in [0.25, 0.3) is 0 Å². The van der Waals surface area contributed by atoms with E-state index in [1.165, 1.54) is 148 Å². The van der Waals surface area contributed by atoms with Crippen LogP contribution in [0.15, 0.2) is 72.9 Å². The Morgan fingerprint density at radius 3 is 1.27 bits per heavy atom. The predicted octanol–water partition coefficient (Wildman–Crippen LogP) is 17.2. The first-order valence-corrected chi connectivity index (χ1v) is 30.7. The zero-order valence-electron chi connectivity index (χ0n) is 46.5. The first kappa shape index (κ1) is 67.9. The minimum absolute atomic E-state index is 0.00756. The molecule has 0 spiro atoms. The lowest BCUT2D eigenvalue weighted by atomic mass is 10.0. The van der Waals surface area contributed by atoms with Crippen molar-refractivity contribution >= 4 is 13.7 Å². The number of carbonyl (C=O) groups excluding carboxylic acids is 1. The lowest BCUT2D eigenvalue weighted by molar-refractivity contribution is -0.870. The number of amides is 1. The van der Waals surface area contributed by atoms with Gasteiger partial charge in [-0.1, -0.05) is 260 Å². The van der Waals surface area contributed by atoms with Gasteiger partial charge in [0.15, 0.2) is 0 Å². The Morgan fingerprint density at radius 1 is 0.514 bits per heavy atom. The molecule has 2 N–H and O–H groups in total. The highest BCUT2D eigenvalue weighted by atomic mass is 31.2. The molecule has 0 saturated heterocycles. The smallest absolute Gasteiger partial charge is 0.268 e. The molecule has 8 nitrogen and oxygen atoms in total. The maximum Gasteiger partial charge on any atom is 0.268 e. The number of nitrogens with one attached hydrogen (secondary N) is 1. The van der Waals surface area contributed by atoms with Crippen LogP contribution in [-0.4, -0.2) is 68.5 Å². The van der Waals surface area contributed by atoms with Crippen LogP contribution < -0.4 is 10.2 Å². The van der Waals surface area contributed by atoms with Gasteiger partial charge in [-0.3, -0.25) is 9.36 Å². The number of aliphatic hydroxyl groups excluding tert-OH is 1. The molecular formula is C61H113N2O6P. The molecule has 0 fully saturated rings. The number of nitrogens with zero attached hydrogens (tertiary/aromatic N) is 1. The Labute approximate surface area is 434 Å². The summed E-state index contributed by atoms with van der Waals surface area (Å²) in [6.45, 7) is 4.62. The number of likely N-dealkylation sites (N-methyl/N-ethyl adjacent to an activating group) is 1. The van der Waals surface area contributed by atoms with E-state index >= 15 is 0 Å². The standard InChI is InChI=1S/C61H113N2O6P/c1-6-8-10-12-14-16-18-20-22-24-26-28-29-30-31-32-33-35-37-39-41-43-45-47-49-51-53-55-61(65)62-59(58-69-70(66,67)68-57-56-63(3,4)5)60(64)54-52-50-48-46-44-42-40-38-36-34-27-25-23-21-19-17-15-13-11-9-7-2/h8,10,14,16,20,22,26,28,30-31,33,35,59-60,64H,6-7,9,11-13,15,17-19,21,23-25,27,29,32,34,36-58H2,1-5H3,(H-,62,65,66,67)/b10-8-,16-14-,22-20-,28-26-,31-30-,35-33-. The minimum atomic E-state index is -4.58. The van der Waals surface area contributed by atoms with Gasteiger partial charge in [0.1, 0.15) is 13.2 Å². The number of phosphoric ester groups is 1. The molecule has 3 atom stereocenters. The lowest BCUT2D eigenvalue weighted by Crippen LogP contribution is -2.46. The molecular weight excluding hydrogens is 888 g/mol. The average Bonchev–Trinajstić information content (AvgIpc) is 3.32. The number of quaternary nitrogens is 1. The summed E-state index contributed by atoms with van der Waals surface area (Å²) < 4.78 is 23.4. The van der Waals surface area contributed by atoms with Gasteiger partial charge in [-0.2, -0.15) is 0 Å².